The largest absolute Gasteiger partial charge is 0.342 e. The molecule has 3 rings (SSSR count). The summed E-state index contributed by atoms with van der Waals surface area (Å²) in [5.74, 6) is 1.51. The molecule has 2 unspecified atom stereocenters. The standard InChI is InChI=1S/C21H32FN3O/c1-23(2)19-9-16-11-20(12-17(16)10-19)25(4)21(26)14-24(3)13-15-5-7-18(22)8-6-15/h5-8,16-17,19-20H,9-14H2,1-4H3/t16-,17+,19?,20?. The lowest BCUT2D eigenvalue weighted by molar-refractivity contribution is -0.133. The molecule has 26 heavy (non-hydrogen) atoms. The van der Waals surface area contributed by atoms with Gasteiger partial charge in [-0.2, -0.15) is 0 Å². The third-order valence-electron chi connectivity index (χ3n) is 6.41. The van der Waals surface area contributed by atoms with Crippen LogP contribution in [-0.4, -0.2) is 67.4 Å². The molecule has 5 heteroatoms. The van der Waals surface area contributed by atoms with Crippen LogP contribution in [0.3, 0.4) is 0 Å². The van der Waals surface area contributed by atoms with E-state index in [0.29, 0.717) is 25.2 Å². The van der Waals surface area contributed by atoms with E-state index in [4.69, 9.17) is 0 Å². The molecule has 1 aromatic carbocycles. The molecule has 0 aliphatic heterocycles. The average Bonchev–Trinajstić information content (AvgIpc) is 3.15. The van der Waals surface area contributed by atoms with Crippen LogP contribution in [0, 0.1) is 17.7 Å². The first-order chi connectivity index (χ1) is 12.3. The summed E-state index contributed by atoms with van der Waals surface area (Å²) in [5.41, 5.74) is 1.02. The highest BCUT2D eigenvalue weighted by molar-refractivity contribution is 5.78. The summed E-state index contributed by atoms with van der Waals surface area (Å²) >= 11 is 0. The summed E-state index contributed by atoms with van der Waals surface area (Å²) in [6, 6.07) is 7.59. The van der Waals surface area contributed by atoms with Crippen molar-refractivity contribution in [2.24, 2.45) is 11.8 Å². The maximum absolute atomic E-state index is 13.0. The molecule has 1 amide bonds. The number of carbonyl (C=O) groups is 1. The van der Waals surface area contributed by atoms with E-state index < -0.39 is 0 Å². The fourth-order valence-electron chi connectivity index (χ4n) is 4.79. The molecular weight excluding hydrogens is 329 g/mol. The van der Waals surface area contributed by atoms with Crippen molar-refractivity contribution in [2.75, 3.05) is 34.7 Å². The van der Waals surface area contributed by atoms with Crippen molar-refractivity contribution < 1.29 is 9.18 Å². The molecule has 2 aliphatic carbocycles. The molecule has 0 spiro atoms. The van der Waals surface area contributed by atoms with Crippen LogP contribution in [0.25, 0.3) is 0 Å². The highest BCUT2D eigenvalue weighted by atomic mass is 19.1. The molecule has 4 atom stereocenters. The molecule has 0 radical (unpaired) electrons. The van der Waals surface area contributed by atoms with Crippen molar-refractivity contribution in [3.63, 3.8) is 0 Å². The second-order valence-corrected chi connectivity index (χ2v) is 8.54. The molecule has 0 aromatic heterocycles. The van der Waals surface area contributed by atoms with Crippen LogP contribution in [0.2, 0.25) is 0 Å². The van der Waals surface area contributed by atoms with Gasteiger partial charge in [0.2, 0.25) is 5.91 Å². The lowest BCUT2D eigenvalue weighted by atomic mass is 10.0. The van der Waals surface area contributed by atoms with Crippen LogP contribution in [0.4, 0.5) is 4.39 Å². The van der Waals surface area contributed by atoms with E-state index in [1.165, 1.54) is 25.0 Å². The predicted octanol–water partition coefficient (Wildman–Crippen LogP) is 2.83. The van der Waals surface area contributed by atoms with Crippen molar-refractivity contribution in [1.29, 1.82) is 0 Å². The normalized spacial score (nSPS) is 28.0. The Labute approximate surface area is 157 Å². The Bertz CT molecular complexity index is 604. The van der Waals surface area contributed by atoms with Gasteiger partial charge in [-0.1, -0.05) is 12.1 Å². The first-order valence-corrected chi connectivity index (χ1v) is 9.68. The Morgan fingerprint density at radius 2 is 1.50 bits per heavy atom. The number of nitrogens with zero attached hydrogens (tertiary/aromatic N) is 3. The van der Waals surface area contributed by atoms with E-state index in [0.717, 1.165) is 30.2 Å². The summed E-state index contributed by atoms with van der Waals surface area (Å²) in [7, 11) is 8.26. The Morgan fingerprint density at radius 1 is 0.962 bits per heavy atom. The highest BCUT2D eigenvalue weighted by Crippen LogP contribution is 2.46. The van der Waals surface area contributed by atoms with Crippen molar-refractivity contribution in [3.05, 3.63) is 35.6 Å². The molecule has 2 fully saturated rings. The van der Waals surface area contributed by atoms with Gasteiger partial charge in [-0.15, -0.1) is 0 Å². The monoisotopic (exact) mass is 361 g/mol. The Kier molecular flexibility index (Phi) is 5.98. The second-order valence-electron chi connectivity index (χ2n) is 8.54. The van der Waals surface area contributed by atoms with Crippen LogP contribution in [-0.2, 0) is 11.3 Å². The second kappa shape index (κ2) is 8.05. The Morgan fingerprint density at radius 3 is 2.04 bits per heavy atom. The van der Waals surface area contributed by atoms with Crippen molar-refractivity contribution >= 4 is 5.91 Å². The fourth-order valence-corrected chi connectivity index (χ4v) is 4.79. The minimum atomic E-state index is -0.226. The zero-order chi connectivity index (χ0) is 18.8. The van der Waals surface area contributed by atoms with Gasteiger partial charge in [-0.3, -0.25) is 9.69 Å². The number of amides is 1. The summed E-state index contributed by atoms with van der Waals surface area (Å²) in [4.78, 5) is 19.0. The van der Waals surface area contributed by atoms with E-state index in [1.807, 2.05) is 23.9 Å². The van der Waals surface area contributed by atoms with E-state index in [-0.39, 0.29) is 11.7 Å². The fraction of sp³-hybridized carbons (Fsp3) is 0.667. The zero-order valence-electron chi connectivity index (χ0n) is 16.5. The number of halogens is 1. The quantitative estimate of drug-likeness (QED) is 0.780. The number of fused-ring (bicyclic) bond motifs is 1. The maximum atomic E-state index is 13.0. The highest BCUT2D eigenvalue weighted by Gasteiger charge is 2.44. The van der Waals surface area contributed by atoms with Gasteiger partial charge in [0.1, 0.15) is 5.82 Å². The van der Waals surface area contributed by atoms with Crippen LogP contribution < -0.4 is 0 Å². The molecule has 1 aromatic rings. The van der Waals surface area contributed by atoms with Gasteiger partial charge in [0.15, 0.2) is 0 Å². The Hall–Kier alpha value is -1.46. The Balaban J connectivity index is 1.47. The molecule has 0 heterocycles. The minimum absolute atomic E-state index is 0.184. The number of hydrogen-bond acceptors (Lipinski definition) is 3. The van der Waals surface area contributed by atoms with Crippen molar-refractivity contribution in [3.8, 4) is 0 Å². The molecule has 0 bridgehead atoms. The van der Waals surface area contributed by atoms with E-state index in [2.05, 4.69) is 19.0 Å². The molecule has 2 aliphatic rings. The summed E-state index contributed by atoms with van der Waals surface area (Å²) in [6.07, 6.45) is 4.86. The molecule has 0 N–H and O–H groups in total. The van der Waals surface area contributed by atoms with Crippen LogP contribution >= 0.6 is 0 Å². The third-order valence-corrected chi connectivity index (χ3v) is 6.41. The SMILES string of the molecule is CN(CC(=O)N(C)C1C[C@H]2CC(N(C)C)C[C@H]2C1)Cc1ccc(F)cc1. The summed E-state index contributed by atoms with van der Waals surface area (Å²) in [6.45, 7) is 1.06. The number of rotatable bonds is 6. The van der Waals surface area contributed by atoms with Gasteiger partial charge < -0.3 is 9.80 Å². The third kappa shape index (κ3) is 4.44. The first kappa shape index (κ1) is 19.3. The van der Waals surface area contributed by atoms with Gasteiger partial charge in [0, 0.05) is 25.7 Å². The van der Waals surface area contributed by atoms with Gasteiger partial charge >= 0.3 is 0 Å². The number of benzene rings is 1. The van der Waals surface area contributed by atoms with E-state index >= 15 is 0 Å². The lowest BCUT2D eigenvalue weighted by Gasteiger charge is -2.28. The molecule has 144 valence electrons. The van der Waals surface area contributed by atoms with Gasteiger partial charge in [0.25, 0.3) is 0 Å². The first-order valence-electron chi connectivity index (χ1n) is 9.68. The zero-order valence-corrected chi connectivity index (χ0v) is 16.5. The van der Waals surface area contributed by atoms with Crippen LogP contribution in [0.5, 0.6) is 0 Å². The topological polar surface area (TPSA) is 26.8 Å². The number of hydrogen-bond donors (Lipinski definition) is 0. The van der Waals surface area contributed by atoms with Gasteiger partial charge in [0.05, 0.1) is 6.54 Å². The van der Waals surface area contributed by atoms with Crippen LogP contribution in [0.1, 0.15) is 31.2 Å². The molecule has 2 saturated carbocycles. The maximum Gasteiger partial charge on any atom is 0.236 e. The average molecular weight is 362 g/mol. The van der Waals surface area contributed by atoms with Crippen molar-refractivity contribution in [1.82, 2.24) is 14.7 Å². The van der Waals surface area contributed by atoms with Gasteiger partial charge in [-0.05, 0) is 76.4 Å². The smallest absolute Gasteiger partial charge is 0.236 e. The summed E-state index contributed by atoms with van der Waals surface area (Å²) < 4.78 is 13.0. The van der Waals surface area contributed by atoms with Crippen LogP contribution in [0.15, 0.2) is 24.3 Å². The van der Waals surface area contributed by atoms with Crippen molar-refractivity contribution in [2.45, 2.75) is 44.3 Å². The number of likely N-dealkylation sites (N-methyl/N-ethyl adjacent to an activating group) is 2. The number of carbonyl (C=O) groups excluding carboxylic acids is 1. The summed E-state index contributed by atoms with van der Waals surface area (Å²) in [5, 5.41) is 0. The lowest BCUT2D eigenvalue weighted by Crippen LogP contribution is -2.41. The molecule has 4 nitrogen and oxygen atoms in total. The van der Waals surface area contributed by atoms with Gasteiger partial charge in [-0.25, -0.2) is 4.39 Å². The predicted molar refractivity (Wildman–Crippen MR) is 102 cm³/mol. The molecular formula is C21H32FN3O. The van der Waals surface area contributed by atoms with E-state index in [1.54, 1.807) is 12.1 Å². The minimum Gasteiger partial charge on any atom is -0.342 e. The van der Waals surface area contributed by atoms with E-state index in [9.17, 15) is 9.18 Å². The molecule has 0 saturated heterocycles.